The number of fused-ring (bicyclic) bond motifs is 1. The van der Waals surface area contributed by atoms with Gasteiger partial charge in [0.1, 0.15) is 5.69 Å². The molecule has 2 aromatic heterocycles. The lowest BCUT2D eigenvalue weighted by atomic mass is 10.1. The second-order valence-corrected chi connectivity index (χ2v) is 7.52. The first-order valence-corrected chi connectivity index (χ1v) is 9.50. The highest BCUT2D eigenvalue weighted by Crippen LogP contribution is 2.40. The van der Waals surface area contributed by atoms with Gasteiger partial charge in [0.15, 0.2) is 5.82 Å². The summed E-state index contributed by atoms with van der Waals surface area (Å²) in [5.41, 5.74) is -0.236. The normalized spacial score (nSPS) is 16.0. The van der Waals surface area contributed by atoms with Crippen LogP contribution in [-0.2, 0) is 15.8 Å². The molecule has 1 aliphatic rings. The zero-order valence-electron chi connectivity index (χ0n) is 15.0. The average molecular weight is 434 g/mol. The SMILES string of the molecule is O=C(CC1Sc2ccc(C(F)(F)F)cc2NC1=O)Nc1n[nH]c(-c2ccccn2)n1. The number of rotatable bonds is 4. The summed E-state index contributed by atoms with van der Waals surface area (Å²) in [5, 5.41) is 10.7. The van der Waals surface area contributed by atoms with E-state index in [0.29, 0.717) is 16.4 Å². The number of aromatic nitrogens is 4. The van der Waals surface area contributed by atoms with Crippen LogP contribution in [-0.4, -0.2) is 37.2 Å². The van der Waals surface area contributed by atoms with Gasteiger partial charge < -0.3 is 5.32 Å². The van der Waals surface area contributed by atoms with Crippen LogP contribution in [0.1, 0.15) is 12.0 Å². The summed E-state index contributed by atoms with van der Waals surface area (Å²) in [4.78, 5) is 33.3. The number of pyridine rings is 1. The predicted octanol–water partition coefficient (Wildman–Crippen LogP) is 3.33. The number of thioether (sulfide) groups is 1. The van der Waals surface area contributed by atoms with E-state index in [9.17, 15) is 22.8 Å². The van der Waals surface area contributed by atoms with E-state index < -0.39 is 28.8 Å². The number of hydrogen-bond donors (Lipinski definition) is 3. The number of alkyl halides is 3. The summed E-state index contributed by atoms with van der Waals surface area (Å²) >= 11 is 1.03. The topological polar surface area (TPSA) is 113 Å². The second kappa shape index (κ2) is 7.78. The zero-order chi connectivity index (χ0) is 21.3. The van der Waals surface area contributed by atoms with Crippen LogP contribution < -0.4 is 10.6 Å². The van der Waals surface area contributed by atoms with Crippen molar-refractivity contribution in [2.45, 2.75) is 22.7 Å². The van der Waals surface area contributed by atoms with Gasteiger partial charge in [0.05, 0.1) is 16.5 Å². The molecule has 0 aliphatic carbocycles. The molecule has 0 saturated heterocycles. The fraction of sp³-hybridized carbons (Fsp3) is 0.167. The minimum absolute atomic E-state index is 0.0251. The Morgan fingerprint density at radius 3 is 2.80 bits per heavy atom. The summed E-state index contributed by atoms with van der Waals surface area (Å²) in [5.74, 6) is -0.669. The third kappa shape index (κ3) is 4.27. The number of halogens is 3. The molecule has 12 heteroatoms. The number of anilines is 2. The van der Waals surface area contributed by atoms with E-state index in [-0.39, 0.29) is 18.1 Å². The van der Waals surface area contributed by atoms with Crippen molar-refractivity contribution >= 4 is 35.2 Å². The smallest absolute Gasteiger partial charge is 0.324 e. The molecule has 3 N–H and O–H groups in total. The molecule has 3 heterocycles. The number of benzene rings is 1. The fourth-order valence-corrected chi connectivity index (χ4v) is 3.83. The molecule has 0 saturated carbocycles. The van der Waals surface area contributed by atoms with Crippen LogP contribution in [0.25, 0.3) is 11.5 Å². The minimum Gasteiger partial charge on any atom is -0.324 e. The Bertz CT molecular complexity index is 1100. The maximum absolute atomic E-state index is 12.8. The maximum Gasteiger partial charge on any atom is 0.416 e. The van der Waals surface area contributed by atoms with Crippen molar-refractivity contribution in [3.05, 3.63) is 48.2 Å². The molecule has 0 fully saturated rings. The van der Waals surface area contributed by atoms with Gasteiger partial charge in [-0.2, -0.15) is 18.2 Å². The molecular formula is C18H13F3N6O2S. The van der Waals surface area contributed by atoms with Crippen molar-refractivity contribution in [2.75, 3.05) is 10.6 Å². The summed E-state index contributed by atoms with van der Waals surface area (Å²) in [6.45, 7) is 0. The standard InChI is InChI=1S/C18H13F3N6O2S/c19-18(20,21)9-4-5-12-11(7-9)23-16(29)13(30-12)8-14(28)24-17-25-15(26-27-17)10-3-1-2-6-22-10/h1-7,13H,8H2,(H,23,29)(H2,24,25,26,27,28). The first-order chi connectivity index (χ1) is 14.3. The van der Waals surface area contributed by atoms with Crippen molar-refractivity contribution in [2.24, 2.45) is 0 Å². The molecule has 3 aromatic rings. The monoisotopic (exact) mass is 434 g/mol. The van der Waals surface area contributed by atoms with Gasteiger partial charge in [0.2, 0.25) is 17.8 Å². The Kier molecular flexibility index (Phi) is 5.16. The van der Waals surface area contributed by atoms with Crippen LogP contribution in [0.15, 0.2) is 47.5 Å². The highest BCUT2D eigenvalue weighted by atomic mass is 32.2. The van der Waals surface area contributed by atoms with E-state index in [0.717, 1.165) is 23.9 Å². The van der Waals surface area contributed by atoms with Gasteiger partial charge in [-0.3, -0.25) is 25.0 Å². The first kappa shape index (κ1) is 19.9. The molecule has 4 rings (SSSR count). The molecule has 154 valence electrons. The summed E-state index contributed by atoms with van der Waals surface area (Å²) < 4.78 is 38.5. The van der Waals surface area contributed by atoms with Gasteiger partial charge in [-0.25, -0.2) is 0 Å². The van der Waals surface area contributed by atoms with Crippen molar-refractivity contribution < 1.29 is 22.8 Å². The van der Waals surface area contributed by atoms with E-state index in [1.807, 2.05) is 0 Å². The van der Waals surface area contributed by atoms with E-state index in [1.165, 1.54) is 6.07 Å². The van der Waals surface area contributed by atoms with E-state index in [4.69, 9.17) is 0 Å². The molecule has 0 spiro atoms. The maximum atomic E-state index is 12.8. The Hall–Kier alpha value is -3.41. The lowest BCUT2D eigenvalue weighted by molar-refractivity contribution is -0.137. The largest absolute Gasteiger partial charge is 0.416 e. The van der Waals surface area contributed by atoms with Crippen molar-refractivity contribution in [1.29, 1.82) is 0 Å². The van der Waals surface area contributed by atoms with Gasteiger partial charge in [0.25, 0.3) is 0 Å². The van der Waals surface area contributed by atoms with Crippen LogP contribution in [0.2, 0.25) is 0 Å². The Morgan fingerprint density at radius 1 is 1.23 bits per heavy atom. The predicted molar refractivity (Wildman–Crippen MR) is 103 cm³/mol. The highest BCUT2D eigenvalue weighted by molar-refractivity contribution is 8.01. The Morgan fingerprint density at radius 2 is 2.07 bits per heavy atom. The molecule has 30 heavy (non-hydrogen) atoms. The number of hydrogen-bond acceptors (Lipinski definition) is 6. The van der Waals surface area contributed by atoms with Crippen LogP contribution in [0.3, 0.4) is 0 Å². The van der Waals surface area contributed by atoms with Crippen molar-refractivity contribution in [3.63, 3.8) is 0 Å². The number of carbonyl (C=O) groups excluding carboxylic acids is 2. The molecule has 1 atom stereocenters. The van der Waals surface area contributed by atoms with Crippen molar-refractivity contribution in [1.82, 2.24) is 20.2 Å². The number of amides is 2. The van der Waals surface area contributed by atoms with Crippen LogP contribution >= 0.6 is 11.8 Å². The van der Waals surface area contributed by atoms with Gasteiger partial charge in [-0.15, -0.1) is 16.9 Å². The highest BCUT2D eigenvalue weighted by Gasteiger charge is 2.34. The third-order valence-corrected chi connectivity index (χ3v) is 5.42. The van der Waals surface area contributed by atoms with Gasteiger partial charge in [-0.05, 0) is 30.3 Å². The van der Waals surface area contributed by atoms with E-state index in [1.54, 1.807) is 24.4 Å². The van der Waals surface area contributed by atoms with E-state index in [2.05, 4.69) is 30.8 Å². The molecule has 1 unspecified atom stereocenters. The number of H-pyrrole nitrogens is 1. The Labute approximate surface area is 171 Å². The number of nitrogens with zero attached hydrogens (tertiary/aromatic N) is 3. The molecule has 1 aromatic carbocycles. The van der Waals surface area contributed by atoms with E-state index >= 15 is 0 Å². The van der Waals surface area contributed by atoms with Gasteiger partial charge in [0, 0.05) is 17.5 Å². The molecule has 2 amide bonds. The number of nitrogens with one attached hydrogen (secondary N) is 3. The quantitative estimate of drug-likeness (QED) is 0.581. The molecule has 1 aliphatic heterocycles. The van der Waals surface area contributed by atoms with Crippen LogP contribution in [0, 0.1) is 0 Å². The zero-order valence-corrected chi connectivity index (χ0v) is 15.8. The Balaban J connectivity index is 1.41. The number of aromatic amines is 1. The first-order valence-electron chi connectivity index (χ1n) is 8.62. The lowest BCUT2D eigenvalue weighted by Gasteiger charge is -2.24. The number of carbonyl (C=O) groups is 2. The lowest BCUT2D eigenvalue weighted by Crippen LogP contribution is -2.32. The van der Waals surface area contributed by atoms with Crippen LogP contribution in [0.4, 0.5) is 24.8 Å². The molecule has 0 bridgehead atoms. The second-order valence-electron chi connectivity index (χ2n) is 6.28. The van der Waals surface area contributed by atoms with Crippen molar-refractivity contribution in [3.8, 4) is 11.5 Å². The van der Waals surface area contributed by atoms with Gasteiger partial charge in [-0.1, -0.05) is 6.07 Å². The molecule has 8 nitrogen and oxygen atoms in total. The molecular weight excluding hydrogens is 421 g/mol. The summed E-state index contributed by atoms with van der Waals surface area (Å²) in [7, 11) is 0. The van der Waals surface area contributed by atoms with Crippen LogP contribution in [0.5, 0.6) is 0 Å². The fourth-order valence-electron chi connectivity index (χ4n) is 2.74. The summed E-state index contributed by atoms with van der Waals surface area (Å²) in [6, 6.07) is 8.34. The average Bonchev–Trinajstić information content (AvgIpc) is 3.16. The molecule has 0 radical (unpaired) electrons. The third-order valence-electron chi connectivity index (χ3n) is 4.14. The minimum atomic E-state index is -4.51. The summed E-state index contributed by atoms with van der Waals surface area (Å²) in [6.07, 6.45) is -3.12. The van der Waals surface area contributed by atoms with Gasteiger partial charge >= 0.3 is 6.18 Å².